The van der Waals surface area contributed by atoms with Gasteiger partial charge in [0.2, 0.25) is 0 Å². The molecule has 0 atom stereocenters. The number of carbonyl (C=O) groups excluding carboxylic acids is 1. The summed E-state index contributed by atoms with van der Waals surface area (Å²) in [5.74, 6) is 0. The largest absolute Gasteiger partial charge is 0.333 e. The Morgan fingerprint density at radius 1 is 1.06 bits per heavy atom. The first-order valence-electron chi connectivity index (χ1n) is 11.1. The van der Waals surface area contributed by atoms with Gasteiger partial charge in [0.15, 0.2) is 0 Å². The van der Waals surface area contributed by atoms with Crippen molar-refractivity contribution >= 4 is 21.7 Å². The highest BCUT2D eigenvalue weighted by Gasteiger charge is 2.25. The van der Waals surface area contributed by atoms with Crippen molar-refractivity contribution in [3.8, 4) is 0 Å². The highest BCUT2D eigenvalue weighted by Crippen LogP contribution is 2.38. The van der Waals surface area contributed by atoms with Crippen molar-refractivity contribution in [1.29, 1.82) is 0 Å². The number of nitrogens with zero attached hydrogens (tertiary/aromatic N) is 3. The van der Waals surface area contributed by atoms with Gasteiger partial charge in [-0.1, -0.05) is 12.1 Å². The number of benzene rings is 1. The van der Waals surface area contributed by atoms with Crippen LogP contribution in [0.2, 0.25) is 0 Å². The van der Waals surface area contributed by atoms with Gasteiger partial charge in [0.05, 0.1) is 0 Å². The number of hydrogen-bond acceptors (Lipinski definition) is 6. The zero-order chi connectivity index (χ0) is 22.0. The van der Waals surface area contributed by atoms with E-state index < -0.39 is 16.1 Å². The summed E-state index contributed by atoms with van der Waals surface area (Å²) >= 11 is 0. The van der Waals surface area contributed by atoms with Gasteiger partial charge in [0, 0.05) is 50.9 Å². The molecule has 31 heavy (non-hydrogen) atoms. The first kappa shape index (κ1) is 22.3. The zero-order valence-corrected chi connectivity index (χ0v) is 19.3. The summed E-state index contributed by atoms with van der Waals surface area (Å²) in [4.78, 5) is 14.8. The molecule has 9 heteroatoms. The monoisotopic (exact) mass is 447 g/mol. The molecule has 1 heterocycles. The molecular formula is C22H33N5O3S. The molecule has 1 fully saturated rings. The van der Waals surface area contributed by atoms with Crippen LogP contribution in [-0.2, 0) is 35.7 Å². The standard InChI is InChI=1S/C22H33N5O3S/c1-25-11-13-27(14-12-25)26(2)10-5-15-31(29,30)24-22(28)23-21-19-8-3-6-17(19)16-18-7-4-9-20(18)21/h5,15-16H,3-4,6-14H2,1-2H3,(H2,23,24,28)/b15-5+. The van der Waals surface area contributed by atoms with Gasteiger partial charge in [-0.15, -0.1) is 0 Å². The topological polar surface area (TPSA) is 85.0 Å². The molecule has 1 saturated heterocycles. The van der Waals surface area contributed by atoms with E-state index in [0.717, 1.165) is 75.8 Å². The maximum absolute atomic E-state index is 12.5. The third-order valence-corrected chi connectivity index (χ3v) is 7.57. The molecule has 0 unspecified atom stereocenters. The minimum atomic E-state index is -3.86. The van der Waals surface area contributed by atoms with Crippen LogP contribution in [0.15, 0.2) is 17.6 Å². The van der Waals surface area contributed by atoms with E-state index in [0.29, 0.717) is 6.54 Å². The van der Waals surface area contributed by atoms with E-state index in [9.17, 15) is 13.2 Å². The Morgan fingerprint density at radius 3 is 2.29 bits per heavy atom. The number of fused-ring (bicyclic) bond motifs is 2. The zero-order valence-electron chi connectivity index (χ0n) is 18.5. The third kappa shape index (κ3) is 5.28. The van der Waals surface area contributed by atoms with Crippen LogP contribution in [0.1, 0.15) is 35.1 Å². The highest BCUT2D eigenvalue weighted by atomic mass is 32.2. The summed E-state index contributed by atoms with van der Waals surface area (Å²) in [5, 5.41) is 8.16. The van der Waals surface area contributed by atoms with E-state index in [1.54, 1.807) is 6.08 Å². The third-order valence-electron chi connectivity index (χ3n) is 6.55. The molecular weight excluding hydrogens is 414 g/mol. The SMILES string of the molecule is CN1CCN(N(C)C/C=C/S(=O)(=O)NC(=O)Nc2c3c(cc4c2CCC4)CCC3)CC1. The van der Waals surface area contributed by atoms with Crippen molar-refractivity contribution < 1.29 is 13.2 Å². The van der Waals surface area contributed by atoms with E-state index >= 15 is 0 Å². The van der Waals surface area contributed by atoms with Crippen LogP contribution >= 0.6 is 0 Å². The number of carbonyl (C=O) groups is 1. The van der Waals surface area contributed by atoms with E-state index in [1.807, 2.05) is 12.1 Å². The van der Waals surface area contributed by atoms with Crippen LogP contribution < -0.4 is 10.0 Å². The summed E-state index contributed by atoms with van der Waals surface area (Å²) in [7, 11) is 0.179. The van der Waals surface area contributed by atoms with E-state index in [4.69, 9.17) is 0 Å². The molecule has 1 aromatic carbocycles. The van der Waals surface area contributed by atoms with Gasteiger partial charge >= 0.3 is 6.03 Å². The lowest BCUT2D eigenvalue weighted by Crippen LogP contribution is -2.51. The Labute approximate surface area is 185 Å². The molecule has 0 bridgehead atoms. The molecule has 2 aliphatic carbocycles. The Bertz CT molecular complexity index is 936. The van der Waals surface area contributed by atoms with E-state index in [1.165, 1.54) is 22.3 Å². The second-order valence-electron chi connectivity index (χ2n) is 8.80. The van der Waals surface area contributed by atoms with Crippen LogP contribution in [0.3, 0.4) is 0 Å². The predicted octanol–water partition coefficient (Wildman–Crippen LogP) is 1.72. The van der Waals surface area contributed by atoms with E-state index in [2.05, 4.69) is 33.1 Å². The number of piperazine rings is 1. The minimum Gasteiger partial charge on any atom is -0.307 e. The molecule has 1 aliphatic heterocycles. The number of likely N-dealkylation sites (N-methyl/N-ethyl adjacent to an activating group) is 2. The first-order chi connectivity index (χ1) is 14.8. The number of amides is 2. The Kier molecular flexibility index (Phi) is 6.66. The number of urea groups is 1. The predicted molar refractivity (Wildman–Crippen MR) is 122 cm³/mol. The molecule has 0 aromatic heterocycles. The average Bonchev–Trinajstić information content (AvgIpc) is 3.37. The number of rotatable bonds is 6. The number of anilines is 1. The summed E-state index contributed by atoms with van der Waals surface area (Å²) in [6, 6.07) is 1.59. The summed E-state index contributed by atoms with van der Waals surface area (Å²) < 4.78 is 26.9. The molecule has 2 amide bonds. The Hall–Kier alpha value is -1.94. The lowest BCUT2D eigenvalue weighted by molar-refractivity contribution is -0.0245. The number of aryl methyl sites for hydroxylation is 2. The van der Waals surface area contributed by atoms with Gasteiger partial charge in [-0.2, -0.15) is 0 Å². The molecule has 0 saturated carbocycles. The van der Waals surface area contributed by atoms with E-state index in [-0.39, 0.29) is 0 Å². The van der Waals surface area contributed by atoms with Crippen LogP contribution in [0.25, 0.3) is 0 Å². The molecule has 4 rings (SSSR count). The number of sulfonamides is 1. The molecule has 8 nitrogen and oxygen atoms in total. The van der Waals surface area contributed by atoms with Crippen molar-refractivity contribution in [1.82, 2.24) is 19.6 Å². The lowest BCUT2D eigenvalue weighted by atomic mass is 9.99. The van der Waals surface area contributed by atoms with Crippen molar-refractivity contribution in [2.75, 3.05) is 52.1 Å². The van der Waals surface area contributed by atoms with Gasteiger partial charge in [0.25, 0.3) is 10.0 Å². The Morgan fingerprint density at radius 2 is 1.68 bits per heavy atom. The number of nitrogens with one attached hydrogen (secondary N) is 2. The normalized spacial score (nSPS) is 19.7. The first-order valence-corrected chi connectivity index (χ1v) is 12.7. The smallest absolute Gasteiger partial charge is 0.307 e. The number of hydrogen-bond donors (Lipinski definition) is 2. The molecule has 1 aromatic rings. The fraction of sp³-hybridized carbons (Fsp3) is 0.591. The highest BCUT2D eigenvalue weighted by molar-refractivity contribution is 7.92. The van der Waals surface area contributed by atoms with Crippen LogP contribution in [0.5, 0.6) is 0 Å². The van der Waals surface area contributed by atoms with Crippen molar-refractivity contribution in [2.24, 2.45) is 0 Å². The summed E-state index contributed by atoms with van der Waals surface area (Å²) in [6.07, 6.45) is 7.66. The fourth-order valence-electron chi connectivity index (χ4n) is 4.84. The van der Waals surface area contributed by atoms with Crippen molar-refractivity contribution in [3.63, 3.8) is 0 Å². The molecule has 0 radical (unpaired) electrons. The number of hydrazine groups is 1. The molecule has 170 valence electrons. The maximum atomic E-state index is 12.5. The van der Waals surface area contributed by atoms with Crippen LogP contribution in [0, 0.1) is 0 Å². The second kappa shape index (κ2) is 9.28. The lowest BCUT2D eigenvalue weighted by Gasteiger charge is -2.37. The molecule has 3 aliphatic rings. The average molecular weight is 448 g/mol. The quantitative estimate of drug-likeness (QED) is 0.691. The van der Waals surface area contributed by atoms with Gasteiger partial charge in [-0.3, -0.25) is 0 Å². The fourth-order valence-corrected chi connectivity index (χ4v) is 5.56. The molecule has 0 spiro atoms. The van der Waals surface area contributed by atoms with Crippen LogP contribution in [0.4, 0.5) is 10.5 Å². The van der Waals surface area contributed by atoms with Gasteiger partial charge < -0.3 is 10.2 Å². The maximum Gasteiger partial charge on any atom is 0.333 e. The Balaban J connectivity index is 1.35. The van der Waals surface area contributed by atoms with Gasteiger partial charge in [-0.25, -0.2) is 28.0 Å². The minimum absolute atomic E-state index is 0.464. The van der Waals surface area contributed by atoms with Crippen molar-refractivity contribution in [2.45, 2.75) is 38.5 Å². The van der Waals surface area contributed by atoms with Crippen LogP contribution in [-0.4, -0.2) is 76.2 Å². The summed E-state index contributed by atoms with van der Waals surface area (Å²) in [5.41, 5.74) is 5.79. The van der Waals surface area contributed by atoms with Gasteiger partial charge in [0.1, 0.15) is 0 Å². The second-order valence-corrected chi connectivity index (χ2v) is 10.4. The molecule has 2 N–H and O–H groups in total. The van der Waals surface area contributed by atoms with Crippen molar-refractivity contribution in [3.05, 3.63) is 39.8 Å². The summed E-state index contributed by atoms with van der Waals surface area (Å²) in [6.45, 7) is 4.27. The van der Waals surface area contributed by atoms with Gasteiger partial charge in [-0.05, 0) is 67.8 Å².